The molecule has 2 rings (SSSR count). The predicted molar refractivity (Wildman–Crippen MR) is 69.2 cm³/mol. The van der Waals surface area contributed by atoms with Gasteiger partial charge in [-0.2, -0.15) is 0 Å². The monoisotopic (exact) mass is 253 g/mol. The molecule has 0 unspecified atom stereocenters. The van der Waals surface area contributed by atoms with Crippen molar-refractivity contribution >= 4 is 17.2 Å². The van der Waals surface area contributed by atoms with E-state index in [-0.39, 0.29) is 11.9 Å². The van der Waals surface area contributed by atoms with E-state index < -0.39 is 0 Å². The van der Waals surface area contributed by atoms with Gasteiger partial charge in [-0.05, 0) is 32.1 Å². The Morgan fingerprint density at radius 2 is 2.24 bits per heavy atom. The summed E-state index contributed by atoms with van der Waals surface area (Å²) in [4.78, 5) is 16.9. The zero-order valence-electron chi connectivity index (χ0n) is 10.1. The van der Waals surface area contributed by atoms with Crippen molar-refractivity contribution in [1.82, 2.24) is 10.3 Å². The zero-order chi connectivity index (χ0) is 12.3. The number of nitrogens with two attached hydrogens (primary N) is 1. The van der Waals surface area contributed by atoms with Gasteiger partial charge in [0.2, 0.25) is 0 Å². The molecule has 3 N–H and O–H groups in total. The van der Waals surface area contributed by atoms with Crippen molar-refractivity contribution in [2.45, 2.75) is 51.1 Å². The highest BCUT2D eigenvalue weighted by molar-refractivity contribution is 7.13. The molecule has 1 heterocycles. The Hall–Kier alpha value is -0.940. The molecule has 94 valence electrons. The first-order valence-corrected chi connectivity index (χ1v) is 7.02. The fraction of sp³-hybridized carbons (Fsp3) is 0.667. The molecule has 0 radical (unpaired) electrons. The molecule has 0 saturated heterocycles. The van der Waals surface area contributed by atoms with E-state index in [1.165, 1.54) is 11.3 Å². The molecular formula is C12H19N3OS. The molecule has 0 spiro atoms. The van der Waals surface area contributed by atoms with Gasteiger partial charge in [-0.25, -0.2) is 4.98 Å². The zero-order valence-corrected chi connectivity index (χ0v) is 10.9. The average molecular weight is 253 g/mol. The molecule has 1 saturated carbocycles. The summed E-state index contributed by atoms with van der Waals surface area (Å²) in [5.74, 6) is 0.0164. The third-order valence-electron chi connectivity index (χ3n) is 3.19. The topological polar surface area (TPSA) is 68.0 Å². The van der Waals surface area contributed by atoms with Crippen LogP contribution in [0.2, 0.25) is 0 Å². The third-order valence-corrected chi connectivity index (χ3v) is 4.33. The predicted octanol–water partition coefficient (Wildman–Crippen LogP) is 1.71. The van der Waals surface area contributed by atoms with Gasteiger partial charge < -0.3 is 11.1 Å². The minimum absolute atomic E-state index is 0.0164. The minimum atomic E-state index is 0.0164. The lowest BCUT2D eigenvalue weighted by atomic mass is 9.92. The summed E-state index contributed by atoms with van der Waals surface area (Å²) in [7, 11) is 0. The van der Waals surface area contributed by atoms with Crippen LogP contribution in [0.4, 0.5) is 0 Å². The van der Waals surface area contributed by atoms with E-state index >= 15 is 0 Å². The molecule has 0 atom stereocenters. The summed E-state index contributed by atoms with van der Waals surface area (Å²) in [6.07, 6.45) is 6.56. The Balaban J connectivity index is 1.88. The van der Waals surface area contributed by atoms with Gasteiger partial charge >= 0.3 is 0 Å². The van der Waals surface area contributed by atoms with Gasteiger partial charge in [0.15, 0.2) is 0 Å². The van der Waals surface area contributed by atoms with Crippen LogP contribution < -0.4 is 11.1 Å². The highest BCUT2D eigenvalue weighted by atomic mass is 32.1. The molecule has 1 aromatic rings. The van der Waals surface area contributed by atoms with Crippen molar-refractivity contribution in [3.63, 3.8) is 0 Å². The van der Waals surface area contributed by atoms with Gasteiger partial charge in [0, 0.05) is 12.1 Å². The SMILES string of the molecule is CCc1ncc(C(=O)NC2CCC(N)CC2)s1. The summed E-state index contributed by atoms with van der Waals surface area (Å²) in [6.45, 7) is 2.04. The van der Waals surface area contributed by atoms with Gasteiger partial charge in [0.1, 0.15) is 4.88 Å². The lowest BCUT2D eigenvalue weighted by Gasteiger charge is -2.26. The lowest BCUT2D eigenvalue weighted by molar-refractivity contribution is 0.0930. The number of hydrogen-bond donors (Lipinski definition) is 2. The van der Waals surface area contributed by atoms with Gasteiger partial charge in [-0.15, -0.1) is 11.3 Å². The summed E-state index contributed by atoms with van der Waals surface area (Å²) in [6, 6.07) is 0.604. The van der Waals surface area contributed by atoms with Crippen molar-refractivity contribution in [1.29, 1.82) is 0 Å². The maximum Gasteiger partial charge on any atom is 0.263 e. The number of hydrogen-bond acceptors (Lipinski definition) is 4. The van der Waals surface area contributed by atoms with E-state index in [1.807, 2.05) is 6.92 Å². The van der Waals surface area contributed by atoms with Gasteiger partial charge in [-0.1, -0.05) is 6.92 Å². The second-order valence-electron chi connectivity index (χ2n) is 4.56. The van der Waals surface area contributed by atoms with E-state index in [0.29, 0.717) is 6.04 Å². The molecule has 0 aromatic carbocycles. The van der Waals surface area contributed by atoms with Crippen LogP contribution in [0.3, 0.4) is 0 Å². The normalized spacial score (nSPS) is 24.6. The second kappa shape index (κ2) is 5.60. The van der Waals surface area contributed by atoms with E-state index in [2.05, 4.69) is 10.3 Å². The molecule has 5 heteroatoms. The number of carbonyl (C=O) groups excluding carboxylic acids is 1. The molecule has 0 bridgehead atoms. The number of rotatable bonds is 3. The van der Waals surface area contributed by atoms with Crippen LogP contribution in [-0.2, 0) is 6.42 Å². The third kappa shape index (κ3) is 3.26. The van der Waals surface area contributed by atoms with Crippen LogP contribution in [0, 0.1) is 0 Å². The standard InChI is InChI=1S/C12H19N3OS/c1-2-11-14-7-10(17-11)12(16)15-9-5-3-8(13)4-6-9/h7-9H,2-6,13H2,1H3,(H,15,16). The summed E-state index contributed by atoms with van der Waals surface area (Å²) in [5, 5.41) is 4.08. The number of carbonyl (C=O) groups is 1. The smallest absolute Gasteiger partial charge is 0.263 e. The second-order valence-corrected chi connectivity index (χ2v) is 5.67. The Bertz CT molecular complexity index is 383. The van der Waals surface area contributed by atoms with E-state index in [0.717, 1.165) is 42.0 Å². The number of nitrogens with one attached hydrogen (secondary N) is 1. The highest BCUT2D eigenvalue weighted by Gasteiger charge is 2.21. The van der Waals surface area contributed by atoms with Crippen molar-refractivity contribution in [3.05, 3.63) is 16.1 Å². The largest absolute Gasteiger partial charge is 0.349 e. The number of nitrogens with zero attached hydrogens (tertiary/aromatic N) is 1. The molecular weight excluding hydrogens is 234 g/mol. The molecule has 17 heavy (non-hydrogen) atoms. The van der Waals surface area contributed by atoms with Crippen LogP contribution in [0.15, 0.2) is 6.20 Å². The number of amides is 1. The maximum absolute atomic E-state index is 12.0. The molecule has 4 nitrogen and oxygen atoms in total. The molecule has 1 aromatic heterocycles. The van der Waals surface area contributed by atoms with Crippen molar-refractivity contribution in [2.75, 3.05) is 0 Å². The van der Waals surface area contributed by atoms with E-state index in [4.69, 9.17) is 5.73 Å². The van der Waals surface area contributed by atoms with Crippen molar-refractivity contribution in [3.8, 4) is 0 Å². The Morgan fingerprint density at radius 3 is 2.82 bits per heavy atom. The molecule has 1 amide bonds. The number of aromatic nitrogens is 1. The Morgan fingerprint density at radius 1 is 1.53 bits per heavy atom. The first kappa shape index (κ1) is 12.5. The lowest BCUT2D eigenvalue weighted by Crippen LogP contribution is -2.40. The molecule has 1 aliphatic rings. The fourth-order valence-electron chi connectivity index (χ4n) is 2.10. The Kier molecular flexibility index (Phi) is 4.12. The van der Waals surface area contributed by atoms with Crippen molar-refractivity contribution in [2.24, 2.45) is 5.73 Å². The van der Waals surface area contributed by atoms with Crippen LogP contribution in [0.25, 0.3) is 0 Å². The van der Waals surface area contributed by atoms with Gasteiger partial charge in [0.25, 0.3) is 5.91 Å². The highest BCUT2D eigenvalue weighted by Crippen LogP contribution is 2.19. The van der Waals surface area contributed by atoms with E-state index in [1.54, 1.807) is 6.20 Å². The van der Waals surface area contributed by atoms with Crippen molar-refractivity contribution < 1.29 is 4.79 Å². The average Bonchev–Trinajstić information content (AvgIpc) is 2.81. The van der Waals surface area contributed by atoms with Crippen LogP contribution >= 0.6 is 11.3 Å². The molecule has 1 fully saturated rings. The first-order chi connectivity index (χ1) is 8.19. The maximum atomic E-state index is 12.0. The van der Waals surface area contributed by atoms with Gasteiger partial charge in [0.05, 0.1) is 11.2 Å². The summed E-state index contributed by atoms with van der Waals surface area (Å²) < 4.78 is 0. The minimum Gasteiger partial charge on any atom is -0.349 e. The number of aryl methyl sites for hydroxylation is 1. The first-order valence-electron chi connectivity index (χ1n) is 6.20. The Labute approximate surface area is 106 Å². The van der Waals surface area contributed by atoms with Gasteiger partial charge in [-0.3, -0.25) is 4.79 Å². The van der Waals surface area contributed by atoms with Crippen LogP contribution in [0.5, 0.6) is 0 Å². The number of thiazole rings is 1. The molecule has 0 aliphatic heterocycles. The van der Waals surface area contributed by atoms with E-state index in [9.17, 15) is 4.79 Å². The molecule has 1 aliphatic carbocycles. The fourth-order valence-corrected chi connectivity index (χ4v) is 2.86. The quantitative estimate of drug-likeness (QED) is 0.861. The van der Waals surface area contributed by atoms with Crippen LogP contribution in [-0.4, -0.2) is 23.0 Å². The van der Waals surface area contributed by atoms with Crippen LogP contribution in [0.1, 0.15) is 47.3 Å². The summed E-state index contributed by atoms with van der Waals surface area (Å²) in [5.41, 5.74) is 5.84. The summed E-state index contributed by atoms with van der Waals surface area (Å²) >= 11 is 1.48.